The second-order valence-electron chi connectivity index (χ2n) is 4.24. The second kappa shape index (κ2) is 6.23. The molecule has 0 aliphatic heterocycles. The highest BCUT2D eigenvalue weighted by molar-refractivity contribution is 6.14. The lowest BCUT2D eigenvalue weighted by molar-refractivity contribution is -0.140. The van der Waals surface area contributed by atoms with Crippen LogP contribution in [0.3, 0.4) is 0 Å². The van der Waals surface area contributed by atoms with E-state index >= 15 is 0 Å². The Morgan fingerprint density at radius 1 is 1.00 bits per heavy atom. The van der Waals surface area contributed by atoms with Crippen LogP contribution in [0.4, 0.5) is 0 Å². The molecule has 0 saturated carbocycles. The predicted octanol–water partition coefficient (Wildman–Crippen LogP) is 0.0578. The van der Waals surface area contributed by atoms with E-state index in [0.717, 1.165) is 0 Å². The molecule has 0 aliphatic carbocycles. The van der Waals surface area contributed by atoms with E-state index in [2.05, 4.69) is 16.0 Å². The average Bonchev–Trinajstić information content (AvgIpc) is 2.39. The largest absolute Gasteiger partial charge is 0.302 e. The van der Waals surface area contributed by atoms with Crippen molar-refractivity contribution in [1.82, 2.24) is 16.0 Å². The minimum atomic E-state index is -1.12. The van der Waals surface area contributed by atoms with Crippen LogP contribution in [0, 0.1) is 0 Å². The van der Waals surface area contributed by atoms with Crippen LogP contribution in [0.5, 0.6) is 0 Å². The van der Waals surface area contributed by atoms with Gasteiger partial charge in [-0.3, -0.25) is 20.2 Å². The molecule has 0 aromatic heterocycles. The summed E-state index contributed by atoms with van der Waals surface area (Å²) in [6, 6.07) is 0. The molecular weight excluding hydrogens is 218 g/mol. The minimum absolute atomic E-state index is 0.0794. The molecule has 0 radical (unpaired) electrons. The van der Waals surface area contributed by atoms with Gasteiger partial charge in [-0.25, -0.2) is 0 Å². The van der Waals surface area contributed by atoms with Crippen molar-refractivity contribution in [3.63, 3.8) is 0 Å². The molecule has 5 heteroatoms. The average molecular weight is 243 g/mol. The van der Waals surface area contributed by atoms with Gasteiger partial charge in [-0.15, -0.1) is 0 Å². The smallest absolute Gasteiger partial charge is 0.194 e. The van der Waals surface area contributed by atoms with Gasteiger partial charge in [0.05, 0.1) is 0 Å². The van der Waals surface area contributed by atoms with Gasteiger partial charge in [0, 0.05) is 6.42 Å². The van der Waals surface area contributed by atoms with Crippen molar-refractivity contribution in [3.8, 4) is 0 Å². The zero-order valence-corrected chi connectivity index (χ0v) is 11.7. The third-order valence-electron chi connectivity index (χ3n) is 3.60. The number of nitrogens with one attached hydrogen (secondary N) is 3. The molecular formula is C12H25N3O2. The third kappa shape index (κ3) is 2.73. The lowest BCUT2D eigenvalue weighted by Gasteiger charge is -2.38. The third-order valence-corrected chi connectivity index (χ3v) is 3.60. The fourth-order valence-corrected chi connectivity index (χ4v) is 1.99. The lowest BCUT2D eigenvalue weighted by Crippen LogP contribution is -2.70. The van der Waals surface area contributed by atoms with Gasteiger partial charge in [0.1, 0.15) is 11.2 Å². The number of Topliss-reactive ketones (excluding diaryl/α,β-unsaturated/α-hetero) is 2. The van der Waals surface area contributed by atoms with Crippen molar-refractivity contribution in [1.29, 1.82) is 0 Å². The van der Waals surface area contributed by atoms with Crippen LogP contribution < -0.4 is 16.0 Å². The van der Waals surface area contributed by atoms with Crippen molar-refractivity contribution in [2.24, 2.45) is 0 Å². The van der Waals surface area contributed by atoms with Crippen LogP contribution >= 0.6 is 0 Å². The zero-order chi connectivity index (χ0) is 13.7. The van der Waals surface area contributed by atoms with E-state index in [1.165, 1.54) is 0 Å². The maximum atomic E-state index is 12.6. The Morgan fingerprint density at radius 3 is 1.71 bits per heavy atom. The van der Waals surface area contributed by atoms with E-state index in [0.29, 0.717) is 12.8 Å². The van der Waals surface area contributed by atoms with E-state index in [1.54, 1.807) is 35.0 Å². The first-order valence-electron chi connectivity index (χ1n) is 6.03. The molecule has 100 valence electrons. The maximum Gasteiger partial charge on any atom is 0.194 e. The molecule has 0 heterocycles. The normalized spacial score (nSPS) is 15.4. The summed E-state index contributed by atoms with van der Waals surface area (Å²) in [6.45, 7) is 5.35. The summed E-state index contributed by atoms with van der Waals surface area (Å²) in [5.41, 5.74) is -2.03. The van der Waals surface area contributed by atoms with Crippen molar-refractivity contribution < 1.29 is 9.59 Å². The quantitative estimate of drug-likeness (QED) is 0.415. The van der Waals surface area contributed by atoms with Crippen LogP contribution in [0.1, 0.15) is 33.6 Å². The molecule has 0 amide bonds. The van der Waals surface area contributed by atoms with Crippen LogP contribution in [0.2, 0.25) is 0 Å². The molecule has 1 atom stereocenters. The fraction of sp³-hybridized carbons (Fsp3) is 0.833. The minimum Gasteiger partial charge on any atom is -0.302 e. The number of carbonyl (C=O) groups excluding carboxylic acids is 2. The summed E-state index contributed by atoms with van der Waals surface area (Å²) < 4.78 is 0. The lowest BCUT2D eigenvalue weighted by atomic mass is 9.79. The number of likely N-dealkylation sites (N-methyl/N-ethyl adjacent to an activating group) is 3. The van der Waals surface area contributed by atoms with Gasteiger partial charge in [-0.2, -0.15) is 0 Å². The first kappa shape index (κ1) is 16.2. The standard InChI is InChI=1S/C12H25N3O2/c1-7-9(16)12(8-2,15-6)10(17)11(3,13-4)14-5/h13-15H,7-8H2,1-6H3. The Morgan fingerprint density at radius 2 is 1.47 bits per heavy atom. The molecule has 0 saturated heterocycles. The fourth-order valence-electron chi connectivity index (χ4n) is 1.99. The van der Waals surface area contributed by atoms with Gasteiger partial charge in [0.15, 0.2) is 11.6 Å². The van der Waals surface area contributed by atoms with Crippen LogP contribution in [0.25, 0.3) is 0 Å². The number of carbonyl (C=O) groups is 2. The van der Waals surface area contributed by atoms with Gasteiger partial charge in [0.2, 0.25) is 0 Å². The van der Waals surface area contributed by atoms with Gasteiger partial charge in [-0.1, -0.05) is 13.8 Å². The molecule has 3 N–H and O–H groups in total. The summed E-state index contributed by atoms with van der Waals surface area (Å²) in [5.74, 6) is -0.254. The van der Waals surface area contributed by atoms with Crippen LogP contribution in [0.15, 0.2) is 0 Å². The topological polar surface area (TPSA) is 70.2 Å². The number of rotatable bonds is 8. The monoisotopic (exact) mass is 243 g/mol. The molecule has 0 bridgehead atoms. The molecule has 0 spiro atoms. The highest BCUT2D eigenvalue weighted by atomic mass is 16.2. The van der Waals surface area contributed by atoms with Crippen molar-refractivity contribution in [3.05, 3.63) is 0 Å². The Balaban J connectivity index is 5.49. The Labute approximate surface area is 104 Å². The highest BCUT2D eigenvalue weighted by Crippen LogP contribution is 2.20. The molecule has 17 heavy (non-hydrogen) atoms. The first-order valence-corrected chi connectivity index (χ1v) is 6.03. The van der Waals surface area contributed by atoms with Crippen LogP contribution in [-0.4, -0.2) is 43.9 Å². The van der Waals surface area contributed by atoms with E-state index in [9.17, 15) is 9.59 Å². The second-order valence-corrected chi connectivity index (χ2v) is 4.24. The van der Waals surface area contributed by atoms with E-state index in [-0.39, 0.29) is 11.6 Å². The Hall–Kier alpha value is -0.780. The highest BCUT2D eigenvalue weighted by Gasteiger charge is 2.48. The maximum absolute atomic E-state index is 12.6. The molecule has 0 fully saturated rings. The SMILES string of the molecule is CCC(=O)C(CC)(NC)C(=O)C(C)(NC)NC. The predicted molar refractivity (Wildman–Crippen MR) is 68.9 cm³/mol. The molecule has 1 unspecified atom stereocenters. The Bertz CT molecular complexity index is 281. The number of hydrogen-bond acceptors (Lipinski definition) is 5. The van der Waals surface area contributed by atoms with Gasteiger partial charge < -0.3 is 5.32 Å². The summed E-state index contributed by atoms with van der Waals surface area (Å²) in [4.78, 5) is 24.7. The van der Waals surface area contributed by atoms with Crippen molar-refractivity contribution >= 4 is 11.6 Å². The molecule has 0 rings (SSSR count). The number of hydrogen-bond donors (Lipinski definition) is 3. The van der Waals surface area contributed by atoms with E-state index in [1.807, 2.05) is 6.92 Å². The van der Waals surface area contributed by atoms with Gasteiger partial charge >= 0.3 is 0 Å². The van der Waals surface area contributed by atoms with Gasteiger partial charge in [-0.05, 0) is 34.5 Å². The first-order chi connectivity index (χ1) is 7.88. The summed E-state index contributed by atoms with van der Waals surface area (Å²) in [5, 5.41) is 8.77. The molecule has 0 aliphatic rings. The zero-order valence-electron chi connectivity index (χ0n) is 11.7. The molecule has 0 aromatic rings. The van der Waals surface area contributed by atoms with Crippen molar-refractivity contribution in [2.45, 2.75) is 44.8 Å². The summed E-state index contributed by atoms with van der Waals surface area (Å²) in [6.07, 6.45) is 0.776. The summed E-state index contributed by atoms with van der Waals surface area (Å²) >= 11 is 0. The Kier molecular flexibility index (Phi) is 5.95. The summed E-state index contributed by atoms with van der Waals surface area (Å²) in [7, 11) is 5.04. The van der Waals surface area contributed by atoms with Crippen molar-refractivity contribution in [2.75, 3.05) is 21.1 Å². The van der Waals surface area contributed by atoms with E-state index in [4.69, 9.17) is 0 Å². The van der Waals surface area contributed by atoms with Gasteiger partial charge in [0.25, 0.3) is 0 Å². The van der Waals surface area contributed by atoms with Crippen LogP contribution in [-0.2, 0) is 9.59 Å². The molecule has 0 aromatic carbocycles. The molecule has 5 nitrogen and oxygen atoms in total. The van der Waals surface area contributed by atoms with E-state index < -0.39 is 11.2 Å². The number of ketones is 2.